The topological polar surface area (TPSA) is 67.6 Å². The third kappa shape index (κ3) is 3.37. The molecular formula is C13H19NO4S. The van der Waals surface area contributed by atoms with E-state index in [1.165, 1.54) is 0 Å². The number of nitrogens with zero attached hydrogens (tertiary/aromatic N) is 1. The normalized spacial score (nSPS) is 21.5. The van der Waals surface area contributed by atoms with Crippen LogP contribution in [0.25, 0.3) is 0 Å². The van der Waals surface area contributed by atoms with Gasteiger partial charge in [-0.1, -0.05) is 0 Å². The van der Waals surface area contributed by atoms with E-state index in [4.69, 9.17) is 4.42 Å². The van der Waals surface area contributed by atoms with Gasteiger partial charge in [-0.15, -0.1) is 0 Å². The van der Waals surface area contributed by atoms with Crippen molar-refractivity contribution >= 4 is 15.7 Å². The van der Waals surface area contributed by atoms with Gasteiger partial charge in [0.15, 0.2) is 9.84 Å². The van der Waals surface area contributed by atoms with E-state index in [1.54, 1.807) is 4.90 Å². The van der Waals surface area contributed by atoms with Gasteiger partial charge < -0.3 is 9.32 Å². The van der Waals surface area contributed by atoms with Crippen molar-refractivity contribution in [2.24, 2.45) is 5.92 Å². The zero-order valence-electron chi connectivity index (χ0n) is 11.3. The van der Waals surface area contributed by atoms with Crippen molar-refractivity contribution < 1.29 is 17.6 Å². The van der Waals surface area contributed by atoms with Crippen LogP contribution >= 0.6 is 0 Å². The first kappa shape index (κ1) is 14.1. The fraction of sp³-hybridized carbons (Fsp3) is 0.615. The van der Waals surface area contributed by atoms with Gasteiger partial charge in [0.2, 0.25) is 5.91 Å². The zero-order valence-corrected chi connectivity index (χ0v) is 12.1. The van der Waals surface area contributed by atoms with Crippen molar-refractivity contribution in [2.75, 3.05) is 18.1 Å². The first-order chi connectivity index (χ1) is 8.91. The Kier molecular flexibility index (Phi) is 3.99. The Bertz CT molecular complexity index is 561. The number of carbonyl (C=O) groups is 1. The molecule has 1 aliphatic heterocycles. The molecule has 0 radical (unpaired) electrons. The van der Waals surface area contributed by atoms with Crippen molar-refractivity contribution in [1.29, 1.82) is 0 Å². The fourth-order valence-corrected chi connectivity index (χ4v) is 4.08. The number of aryl methyl sites for hydroxylation is 1. The summed E-state index contributed by atoms with van der Waals surface area (Å²) in [6, 6.07) is 3.70. The molecule has 106 valence electrons. The first-order valence-electron chi connectivity index (χ1n) is 6.46. The molecule has 1 aliphatic rings. The van der Waals surface area contributed by atoms with Crippen LogP contribution < -0.4 is 0 Å². The summed E-state index contributed by atoms with van der Waals surface area (Å²) in [5, 5.41) is 0. The Labute approximate surface area is 113 Å². The van der Waals surface area contributed by atoms with Gasteiger partial charge in [-0.2, -0.15) is 0 Å². The number of rotatable bonds is 4. The number of hydrogen-bond donors (Lipinski definition) is 0. The molecule has 0 aliphatic carbocycles. The van der Waals surface area contributed by atoms with Gasteiger partial charge in [-0.05, 0) is 32.4 Å². The number of sulfone groups is 1. The van der Waals surface area contributed by atoms with E-state index < -0.39 is 9.84 Å². The molecule has 1 fully saturated rings. The van der Waals surface area contributed by atoms with Gasteiger partial charge in [-0.25, -0.2) is 8.42 Å². The molecule has 1 aromatic heterocycles. The van der Waals surface area contributed by atoms with E-state index in [-0.39, 0.29) is 23.3 Å². The van der Waals surface area contributed by atoms with Gasteiger partial charge in [0.1, 0.15) is 11.5 Å². The standard InChI is InChI=1S/C13H19NO4S/c1-3-14(8-12-5-4-10(2)18-12)13(15)11-6-7-19(16,17)9-11/h4-5,11H,3,6-9H2,1-2H3/t11-/m1/s1. The monoisotopic (exact) mass is 285 g/mol. The summed E-state index contributed by atoms with van der Waals surface area (Å²) in [6.07, 6.45) is 0.439. The highest BCUT2D eigenvalue weighted by molar-refractivity contribution is 7.91. The van der Waals surface area contributed by atoms with Crippen molar-refractivity contribution in [3.05, 3.63) is 23.7 Å². The Morgan fingerprint density at radius 2 is 2.21 bits per heavy atom. The zero-order chi connectivity index (χ0) is 14.0. The molecule has 1 amide bonds. The Morgan fingerprint density at radius 1 is 1.47 bits per heavy atom. The molecular weight excluding hydrogens is 266 g/mol. The first-order valence-corrected chi connectivity index (χ1v) is 8.28. The molecule has 1 aromatic rings. The smallest absolute Gasteiger partial charge is 0.227 e. The van der Waals surface area contributed by atoms with Gasteiger partial charge in [0.05, 0.1) is 24.0 Å². The maximum Gasteiger partial charge on any atom is 0.227 e. The maximum atomic E-state index is 12.3. The average Bonchev–Trinajstić information content (AvgIpc) is 2.91. The minimum Gasteiger partial charge on any atom is -0.464 e. The van der Waals surface area contributed by atoms with E-state index in [0.717, 1.165) is 11.5 Å². The van der Waals surface area contributed by atoms with Crippen LogP contribution in [-0.2, 0) is 21.2 Å². The Hall–Kier alpha value is -1.30. The average molecular weight is 285 g/mol. The van der Waals surface area contributed by atoms with Gasteiger partial charge in [0.25, 0.3) is 0 Å². The Morgan fingerprint density at radius 3 is 2.68 bits per heavy atom. The fourth-order valence-electron chi connectivity index (χ4n) is 2.35. The minimum atomic E-state index is -3.02. The molecule has 1 saturated heterocycles. The summed E-state index contributed by atoms with van der Waals surface area (Å²) in [5.74, 6) is 1.18. The number of hydrogen-bond acceptors (Lipinski definition) is 4. The van der Waals surface area contributed by atoms with Crippen LogP contribution in [0.15, 0.2) is 16.5 Å². The molecule has 5 nitrogen and oxygen atoms in total. The minimum absolute atomic E-state index is 0.0144. The number of carbonyl (C=O) groups excluding carboxylic acids is 1. The van der Waals surface area contributed by atoms with Gasteiger partial charge in [0, 0.05) is 6.54 Å². The van der Waals surface area contributed by atoms with Crippen LogP contribution in [0.5, 0.6) is 0 Å². The maximum absolute atomic E-state index is 12.3. The number of furan rings is 1. The second kappa shape index (κ2) is 5.36. The van der Waals surface area contributed by atoms with E-state index in [1.807, 2.05) is 26.0 Å². The van der Waals surface area contributed by atoms with Gasteiger partial charge >= 0.3 is 0 Å². The molecule has 0 aromatic carbocycles. The molecule has 0 bridgehead atoms. The van der Waals surface area contributed by atoms with Crippen molar-refractivity contribution in [1.82, 2.24) is 4.90 Å². The molecule has 2 heterocycles. The summed E-state index contributed by atoms with van der Waals surface area (Å²) in [5.41, 5.74) is 0. The second-order valence-electron chi connectivity index (χ2n) is 4.96. The lowest BCUT2D eigenvalue weighted by atomic mass is 10.1. The van der Waals surface area contributed by atoms with E-state index in [2.05, 4.69) is 0 Å². The lowest BCUT2D eigenvalue weighted by Gasteiger charge is -2.22. The van der Waals surface area contributed by atoms with Crippen LogP contribution in [0.2, 0.25) is 0 Å². The number of amides is 1. The molecule has 1 atom stereocenters. The largest absolute Gasteiger partial charge is 0.464 e. The molecule has 0 spiro atoms. The molecule has 0 unspecified atom stereocenters. The van der Waals surface area contributed by atoms with Crippen LogP contribution in [0.1, 0.15) is 24.9 Å². The summed E-state index contributed by atoms with van der Waals surface area (Å²) in [7, 11) is -3.02. The quantitative estimate of drug-likeness (QED) is 0.838. The van der Waals surface area contributed by atoms with Crippen molar-refractivity contribution in [3.8, 4) is 0 Å². The molecule has 0 saturated carbocycles. The van der Waals surface area contributed by atoms with Crippen LogP contribution in [-0.4, -0.2) is 37.3 Å². The highest BCUT2D eigenvalue weighted by Crippen LogP contribution is 2.22. The van der Waals surface area contributed by atoms with Crippen LogP contribution in [0.3, 0.4) is 0 Å². The van der Waals surface area contributed by atoms with Crippen molar-refractivity contribution in [3.63, 3.8) is 0 Å². The predicted molar refractivity (Wildman–Crippen MR) is 71.3 cm³/mol. The third-order valence-electron chi connectivity index (χ3n) is 3.42. The summed E-state index contributed by atoms with van der Waals surface area (Å²) in [6.45, 7) is 4.69. The van der Waals surface area contributed by atoms with E-state index >= 15 is 0 Å². The third-order valence-corrected chi connectivity index (χ3v) is 5.19. The molecule has 2 rings (SSSR count). The Balaban J connectivity index is 2.03. The summed E-state index contributed by atoms with van der Waals surface area (Å²) >= 11 is 0. The second-order valence-corrected chi connectivity index (χ2v) is 7.19. The van der Waals surface area contributed by atoms with Gasteiger partial charge in [-0.3, -0.25) is 4.79 Å². The van der Waals surface area contributed by atoms with E-state index in [0.29, 0.717) is 19.5 Å². The molecule has 19 heavy (non-hydrogen) atoms. The summed E-state index contributed by atoms with van der Waals surface area (Å²) in [4.78, 5) is 14.0. The van der Waals surface area contributed by atoms with E-state index in [9.17, 15) is 13.2 Å². The SMILES string of the molecule is CCN(Cc1ccc(C)o1)C(=O)[C@@H]1CCS(=O)(=O)C1. The molecule has 6 heteroatoms. The highest BCUT2D eigenvalue weighted by Gasteiger charge is 2.35. The highest BCUT2D eigenvalue weighted by atomic mass is 32.2. The van der Waals surface area contributed by atoms with Crippen LogP contribution in [0, 0.1) is 12.8 Å². The predicted octanol–water partition coefficient (Wildman–Crippen LogP) is 1.37. The summed E-state index contributed by atoms with van der Waals surface area (Å²) < 4.78 is 28.3. The lowest BCUT2D eigenvalue weighted by molar-refractivity contribution is -0.135. The molecule has 0 N–H and O–H groups in total. The van der Waals surface area contributed by atoms with Crippen LogP contribution in [0.4, 0.5) is 0 Å². The van der Waals surface area contributed by atoms with Crippen molar-refractivity contribution in [2.45, 2.75) is 26.8 Å². The lowest BCUT2D eigenvalue weighted by Crippen LogP contribution is -2.36.